The number of carboxylic acid groups (broad SMARTS) is 1. The van der Waals surface area contributed by atoms with E-state index in [1.54, 1.807) is 13.0 Å². The van der Waals surface area contributed by atoms with Gasteiger partial charge in [0.1, 0.15) is 0 Å². The van der Waals surface area contributed by atoms with Gasteiger partial charge in [-0.2, -0.15) is 0 Å². The molecule has 0 bridgehead atoms. The summed E-state index contributed by atoms with van der Waals surface area (Å²) < 4.78 is 26.2. The molecule has 0 aliphatic rings. The average Bonchev–Trinajstić information content (AvgIpc) is 2.37. The van der Waals surface area contributed by atoms with Crippen LogP contribution in [0.25, 0.3) is 0 Å². The van der Waals surface area contributed by atoms with E-state index in [1.807, 2.05) is 4.72 Å². The Morgan fingerprint density at radius 1 is 1.33 bits per heavy atom. The van der Waals surface area contributed by atoms with Gasteiger partial charge in [0.05, 0.1) is 4.90 Å². The first-order valence-corrected chi connectivity index (χ1v) is 7.40. The lowest BCUT2D eigenvalue weighted by Crippen LogP contribution is -2.36. The molecule has 0 fully saturated rings. The summed E-state index contributed by atoms with van der Waals surface area (Å²) in [5.74, 6) is -1.88. The third kappa shape index (κ3) is 4.81. The highest BCUT2D eigenvalue weighted by atomic mass is 32.2. The highest BCUT2D eigenvalue weighted by molar-refractivity contribution is 7.89. The Kier molecular flexibility index (Phi) is 5.41. The number of aliphatic hydroxyl groups is 1. The molecule has 1 unspecified atom stereocenters. The molecule has 0 aliphatic heterocycles. The molecule has 1 aromatic carbocycles. The van der Waals surface area contributed by atoms with Crippen molar-refractivity contribution in [1.29, 1.82) is 0 Å². The van der Waals surface area contributed by atoms with Crippen molar-refractivity contribution >= 4 is 27.6 Å². The summed E-state index contributed by atoms with van der Waals surface area (Å²) in [6, 6.07) is 4.31. The molecule has 0 radical (unpaired) electrons. The fourth-order valence-corrected chi connectivity index (χ4v) is 2.83. The van der Waals surface area contributed by atoms with Crippen LogP contribution in [0.4, 0.5) is 5.69 Å². The first kappa shape index (κ1) is 17.1. The van der Waals surface area contributed by atoms with Crippen molar-refractivity contribution in [2.45, 2.75) is 24.8 Å². The van der Waals surface area contributed by atoms with E-state index in [0.717, 1.165) is 0 Å². The summed E-state index contributed by atoms with van der Waals surface area (Å²) in [5.41, 5.74) is 0.716. The van der Waals surface area contributed by atoms with Gasteiger partial charge in [0.2, 0.25) is 15.9 Å². The van der Waals surface area contributed by atoms with Gasteiger partial charge in [-0.3, -0.25) is 4.79 Å². The molecule has 0 heterocycles. The van der Waals surface area contributed by atoms with E-state index in [9.17, 15) is 18.0 Å². The van der Waals surface area contributed by atoms with E-state index in [1.165, 1.54) is 19.1 Å². The number of hydrogen-bond acceptors (Lipinski definition) is 5. The van der Waals surface area contributed by atoms with Crippen molar-refractivity contribution in [2.75, 3.05) is 11.9 Å². The van der Waals surface area contributed by atoms with E-state index >= 15 is 0 Å². The van der Waals surface area contributed by atoms with Gasteiger partial charge >= 0.3 is 5.97 Å². The molecular formula is C12H16N2O6S. The SMILES string of the molecule is CC(=O)Nc1ccc(C)c(S(=O)(=O)NCC(O)C(=O)O)c1. The number of aliphatic hydroxyl groups excluding tert-OH is 1. The maximum absolute atomic E-state index is 12.1. The number of aliphatic carboxylic acids is 1. The molecule has 116 valence electrons. The zero-order valence-electron chi connectivity index (χ0n) is 11.5. The number of carboxylic acids is 1. The summed E-state index contributed by atoms with van der Waals surface area (Å²) in [6.07, 6.45) is -1.83. The standard InChI is InChI=1S/C12H16N2O6S/c1-7-3-4-9(14-8(2)15)5-11(7)21(19,20)13-6-10(16)12(17)18/h3-5,10,13,16H,6H2,1-2H3,(H,14,15)(H,17,18). The number of carbonyl (C=O) groups excluding carboxylic acids is 1. The van der Waals surface area contributed by atoms with Gasteiger partial charge in [0.15, 0.2) is 6.10 Å². The van der Waals surface area contributed by atoms with Crippen LogP contribution >= 0.6 is 0 Å². The van der Waals surface area contributed by atoms with Crippen molar-refractivity contribution in [2.24, 2.45) is 0 Å². The van der Waals surface area contributed by atoms with E-state index in [0.29, 0.717) is 11.3 Å². The highest BCUT2D eigenvalue weighted by Crippen LogP contribution is 2.20. The zero-order chi connectivity index (χ0) is 16.2. The quantitative estimate of drug-likeness (QED) is 0.568. The Morgan fingerprint density at radius 2 is 1.95 bits per heavy atom. The third-order valence-electron chi connectivity index (χ3n) is 2.55. The van der Waals surface area contributed by atoms with Crippen LogP contribution in [0.5, 0.6) is 0 Å². The number of aryl methyl sites for hydroxylation is 1. The van der Waals surface area contributed by atoms with Crippen LogP contribution in [0.3, 0.4) is 0 Å². The first-order valence-electron chi connectivity index (χ1n) is 5.92. The van der Waals surface area contributed by atoms with Gasteiger partial charge in [-0.15, -0.1) is 0 Å². The molecule has 0 aliphatic carbocycles. The fraction of sp³-hybridized carbons (Fsp3) is 0.333. The lowest BCUT2D eigenvalue weighted by Gasteiger charge is -2.12. The van der Waals surface area contributed by atoms with Crippen molar-refractivity contribution in [3.63, 3.8) is 0 Å². The summed E-state index contributed by atoms with van der Waals surface area (Å²) in [6.45, 7) is 2.19. The Bertz CT molecular complexity index is 656. The lowest BCUT2D eigenvalue weighted by atomic mass is 10.2. The maximum Gasteiger partial charge on any atom is 0.333 e. The minimum atomic E-state index is -4.00. The smallest absolute Gasteiger partial charge is 0.333 e. The molecule has 8 nitrogen and oxygen atoms in total. The lowest BCUT2D eigenvalue weighted by molar-refractivity contribution is -0.146. The van der Waals surface area contributed by atoms with Gasteiger partial charge in [0.25, 0.3) is 0 Å². The molecule has 4 N–H and O–H groups in total. The highest BCUT2D eigenvalue weighted by Gasteiger charge is 2.21. The second kappa shape index (κ2) is 6.66. The van der Waals surface area contributed by atoms with Crippen LogP contribution in [0.1, 0.15) is 12.5 Å². The van der Waals surface area contributed by atoms with Crippen LogP contribution < -0.4 is 10.0 Å². The fourth-order valence-electron chi connectivity index (χ4n) is 1.52. The topological polar surface area (TPSA) is 133 Å². The number of anilines is 1. The molecule has 21 heavy (non-hydrogen) atoms. The van der Waals surface area contributed by atoms with Crippen molar-refractivity contribution in [3.8, 4) is 0 Å². The minimum absolute atomic E-state index is 0.105. The van der Waals surface area contributed by atoms with E-state index < -0.39 is 28.6 Å². The maximum atomic E-state index is 12.1. The molecule has 9 heteroatoms. The zero-order valence-corrected chi connectivity index (χ0v) is 12.3. The number of amides is 1. The number of nitrogens with one attached hydrogen (secondary N) is 2. The number of hydrogen-bond donors (Lipinski definition) is 4. The molecule has 1 amide bonds. The second-order valence-electron chi connectivity index (χ2n) is 4.37. The predicted molar refractivity (Wildman–Crippen MR) is 74.3 cm³/mol. The van der Waals surface area contributed by atoms with Crippen LogP contribution in [-0.4, -0.2) is 43.2 Å². The largest absolute Gasteiger partial charge is 0.479 e. The monoisotopic (exact) mass is 316 g/mol. The van der Waals surface area contributed by atoms with Gasteiger partial charge in [-0.05, 0) is 24.6 Å². The van der Waals surface area contributed by atoms with E-state index in [4.69, 9.17) is 10.2 Å². The number of benzene rings is 1. The molecule has 1 aromatic rings. The molecule has 0 spiro atoms. The molecule has 0 saturated carbocycles. The van der Waals surface area contributed by atoms with Crippen molar-refractivity contribution < 1.29 is 28.2 Å². The molecule has 1 rings (SSSR count). The first-order chi connectivity index (χ1) is 9.63. The summed E-state index contributed by atoms with van der Waals surface area (Å²) in [7, 11) is -4.00. The second-order valence-corrected chi connectivity index (χ2v) is 6.10. The molecule has 0 saturated heterocycles. The molecular weight excluding hydrogens is 300 g/mol. The third-order valence-corrected chi connectivity index (χ3v) is 4.12. The molecule has 1 atom stereocenters. The van der Waals surface area contributed by atoms with Crippen LogP contribution in [0.2, 0.25) is 0 Å². The number of sulfonamides is 1. The van der Waals surface area contributed by atoms with Crippen molar-refractivity contribution in [1.82, 2.24) is 4.72 Å². The number of rotatable bonds is 6. The van der Waals surface area contributed by atoms with Gasteiger partial charge < -0.3 is 15.5 Å². The van der Waals surface area contributed by atoms with Gasteiger partial charge in [-0.25, -0.2) is 17.9 Å². The van der Waals surface area contributed by atoms with E-state index in [-0.39, 0.29) is 10.8 Å². The minimum Gasteiger partial charge on any atom is -0.479 e. The van der Waals surface area contributed by atoms with Gasteiger partial charge in [-0.1, -0.05) is 6.07 Å². The summed E-state index contributed by atoms with van der Waals surface area (Å²) >= 11 is 0. The van der Waals surface area contributed by atoms with E-state index in [2.05, 4.69) is 5.32 Å². The average molecular weight is 316 g/mol. The normalized spacial score (nSPS) is 12.7. The Morgan fingerprint density at radius 3 is 2.48 bits per heavy atom. The van der Waals surface area contributed by atoms with Gasteiger partial charge in [0, 0.05) is 19.2 Å². The van der Waals surface area contributed by atoms with Crippen LogP contribution in [0, 0.1) is 6.92 Å². The predicted octanol–water partition coefficient (Wildman–Crippen LogP) is -0.323. The molecule has 0 aromatic heterocycles. The van der Waals surface area contributed by atoms with Crippen molar-refractivity contribution in [3.05, 3.63) is 23.8 Å². The Balaban J connectivity index is 3.01. The number of carbonyl (C=O) groups is 2. The van der Waals surface area contributed by atoms with Crippen LogP contribution in [0.15, 0.2) is 23.1 Å². The Labute approximate surface area is 121 Å². The summed E-state index contributed by atoms with van der Waals surface area (Å²) in [4.78, 5) is 21.3. The Hall–Kier alpha value is -1.97. The summed E-state index contributed by atoms with van der Waals surface area (Å²) in [5, 5.41) is 20.1. The van der Waals surface area contributed by atoms with Crippen LogP contribution in [-0.2, 0) is 19.6 Å².